The molecule has 2 N–H and O–H groups in total. The molecule has 0 radical (unpaired) electrons. The molecule has 0 amide bonds. The third-order valence-corrected chi connectivity index (χ3v) is 5.52. The lowest BCUT2D eigenvalue weighted by molar-refractivity contribution is 0.463. The first-order valence-corrected chi connectivity index (χ1v) is 8.30. The highest BCUT2D eigenvalue weighted by Gasteiger charge is 2.19. The van der Waals surface area contributed by atoms with Gasteiger partial charge in [-0.2, -0.15) is 11.8 Å². The Morgan fingerprint density at radius 1 is 1.11 bits per heavy atom. The quantitative estimate of drug-likeness (QED) is 0.876. The predicted octanol–water partition coefficient (Wildman–Crippen LogP) is 4.62. The molecule has 0 aromatic heterocycles. The molecule has 1 nitrogen and oxygen atoms in total. The number of benzene rings is 1. The molecule has 1 aromatic rings. The Morgan fingerprint density at radius 3 is 2.61 bits per heavy atom. The van der Waals surface area contributed by atoms with E-state index in [1.807, 2.05) is 23.9 Å². The van der Waals surface area contributed by atoms with Crippen LogP contribution < -0.4 is 5.73 Å². The van der Waals surface area contributed by atoms with Crippen LogP contribution in [0.3, 0.4) is 0 Å². The summed E-state index contributed by atoms with van der Waals surface area (Å²) in [6.07, 6.45) is 7.79. The summed E-state index contributed by atoms with van der Waals surface area (Å²) in [4.78, 5) is 0. The highest BCUT2D eigenvalue weighted by molar-refractivity contribution is 7.99. The first-order valence-electron chi connectivity index (χ1n) is 6.88. The molecule has 0 bridgehead atoms. The van der Waals surface area contributed by atoms with Crippen LogP contribution in [0.4, 0.5) is 0 Å². The van der Waals surface area contributed by atoms with Gasteiger partial charge in [0.05, 0.1) is 0 Å². The summed E-state index contributed by atoms with van der Waals surface area (Å²) in [6, 6.07) is 8.48. The molecule has 18 heavy (non-hydrogen) atoms. The molecular weight excluding hydrogens is 262 g/mol. The third kappa shape index (κ3) is 4.18. The minimum Gasteiger partial charge on any atom is -0.327 e. The minimum atomic E-state index is 0.359. The third-order valence-electron chi connectivity index (χ3n) is 3.66. The van der Waals surface area contributed by atoms with Crippen molar-refractivity contribution >= 4 is 23.4 Å². The zero-order valence-electron chi connectivity index (χ0n) is 10.8. The summed E-state index contributed by atoms with van der Waals surface area (Å²) in [6.45, 7) is 0. The van der Waals surface area contributed by atoms with Crippen molar-refractivity contribution in [2.45, 2.75) is 55.6 Å². The first kappa shape index (κ1) is 14.2. The molecule has 0 saturated heterocycles. The van der Waals surface area contributed by atoms with E-state index in [1.54, 1.807) is 0 Å². The Morgan fingerprint density at radius 2 is 1.83 bits per heavy atom. The van der Waals surface area contributed by atoms with Gasteiger partial charge in [0.15, 0.2) is 0 Å². The SMILES string of the molecule is NC1CCCCCCC1SCc1ccccc1Cl. The van der Waals surface area contributed by atoms with Gasteiger partial charge < -0.3 is 5.73 Å². The van der Waals surface area contributed by atoms with Crippen LogP contribution in [0.1, 0.15) is 44.1 Å². The molecule has 3 heteroatoms. The Labute approximate surface area is 119 Å². The Hall–Kier alpha value is -0.180. The van der Waals surface area contributed by atoms with Gasteiger partial charge in [-0.1, -0.05) is 55.5 Å². The van der Waals surface area contributed by atoms with E-state index in [-0.39, 0.29) is 0 Å². The fourth-order valence-electron chi connectivity index (χ4n) is 2.50. The second kappa shape index (κ2) is 7.42. The van der Waals surface area contributed by atoms with Gasteiger partial charge in [0.1, 0.15) is 0 Å². The van der Waals surface area contributed by atoms with Gasteiger partial charge in [-0.15, -0.1) is 0 Å². The lowest BCUT2D eigenvalue weighted by atomic mass is 9.97. The Bertz CT molecular complexity index is 369. The topological polar surface area (TPSA) is 26.0 Å². The fraction of sp³-hybridized carbons (Fsp3) is 0.600. The number of rotatable bonds is 3. The van der Waals surface area contributed by atoms with Gasteiger partial charge in [-0.25, -0.2) is 0 Å². The molecule has 0 aliphatic heterocycles. The average Bonchev–Trinajstić information content (AvgIpc) is 2.35. The van der Waals surface area contributed by atoms with E-state index in [4.69, 9.17) is 17.3 Å². The van der Waals surface area contributed by atoms with Crippen molar-refractivity contribution in [3.63, 3.8) is 0 Å². The van der Waals surface area contributed by atoms with Crippen molar-refractivity contribution in [3.05, 3.63) is 34.9 Å². The Balaban J connectivity index is 1.89. The van der Waals surface area contributed by atoms with Gasteiger partial charge >= 0.3 is 0 Å². The molecule has 100 valence electrons. The van der Waals surface area contributed by atoms with E-state index < -0.39 is 0 Å². The number of hydrogen-bond acceptors (Lipinski definition) is 2. The second-order valence-corrected chi connectivity index (χ2v) is 6.73. The molecule has 2 atom stereocenters. The maximum absolute atomic E-state index is 6.30. The van der Waals surface area contributed by atoms with E-state index in [1.165, 1.54) is 44.1 Å². The fourth-order valence-corrected chi connectivity index (χ4v) is 4.14. The molecule has 1 fully saturated rings. The summed E-state index contributed by atoms with van der Waals surface area (Å²) in [5, 5.41) is 1.48. The number of thioether (sulfide) groups is 1. The maximum Gasteiger partial charge on any atom is 0.0446 e. The van der Waals surface area contributed by atoms with Crippen molar-refractivity contribution in [2.75, 3.05) is 0 Å². The number of hydrogen-bond donors (Lipinski definition) is 1. The molecule has 0 spiro atoms. The van der Waals surface area contributed by atoms with Crippen LogP contribution in [0.2, 0.25) is 5.02 Å². The van der Waals surface area contributed by atoms with Crippen LogP contribution in [0.25, 0.3) is 0 Å². The smallest absolute Gasteiger partial charge is 0.0446 e. The van der Waals surface area contributed by atoms with E-state index in [0.717, 1.165) is 10.8 Å². The van der Waals surface area contributed by atoms with Crippen LogP contribution in [0.15, 0.2) is 24.3 Å². The zero-order valence-corrected chi connectivity index (χ0v) is 12.3. The van der Waals surface area contributed by atoms with Crippen molar-refractivity contribution in [1.29, 1.82) is 0 Å². The highest BCUT2D eigenvalue weighted by Crippen LogP contribution is 2.30. The lowest BCUT2D eigenvalue weighted by Gasteiger charge is -2.26. The van der Waals surface area contributed by atoms with E-state index in [9.17, 15) is 0 Å². The normalized spacial score (nSPS) is 25.4. The van der Waals surface area contributed by atoms with Gasteiger partial charge in [-0.3, -0.25) is 0 Å². The summed E-state index contributed by atoms with van der Waals surface area (Å²) < 4.78 is 0. The summed E-state index contributed by atoms with van der Waals surface area (Å²) in [5.74, 6) is 0.984. The molecule has 1 aromatic carbocycles. The van der Waals surface area contributed by atoms with E-state index in [2.05, 4.69) is 12.1 Å². The molecule has 1 aliphatic rings. The molecule has 1 saturated carbocycles. The summed E-state index contributed by atoms with van der Waals surface area (Å²) in [5.41, 5.74) is 7.53. The molecule has 2 rings (SSSR count). The van der Waals surface area contributed by atoms with Crippen LogP contribution >= 0.6 is 23.4 Å². The lowest BCUT2D eigenvalue weighted by Crippen LogP contribution is -2.33. The van der Waals surface area contributed by atoms with Crippen molar-refractivity contribution in [3.8, 4) is 0 Å². The average molecular weight is 284 g/mol. The second-order valence-electron chi connectivity index (χ2n) is 5.10. The number of halogens is 1. The summed E-state index contributed by atoms with van der Waals surface area (Å²) in [7, 11) is 0. The van der Waals surface area contributed by atoms with Crippen LogP contribution in [0.5, 0.6) is 0 Å². The van der Waals surface area contributed by atoms with Crippen molar-refractivity contribution < 1.29 is 0 Å². The molecule has 0 heterocycles. The molecule has 2 unspecified atom stereocenters. The van der Waals surface area contributed by atoms with Crippen molar-refractivity contribution in [1.82, 2.24) is 0 Å². The zero-order chi connectivity index (χ0) is 12.8. The molecule has 1 aliphatic carbocycles. The highest BCUT2D eigenvalue weighted by atomic mass is 35.5. The maximum atomic E-state index is 6.30. The van der Waals surface area contributed by atoms with Gasteiger partial charge in [0, 0.05) is 22.1 Å². The monoisotopic (exact) mass is 283 g/mol. The predicted molar refractivity (Wildman–Crippen MR) is 82.2 cm³/mol. The first-order chi connectivity index (χ1) is 8.77. The summed E-state index contributed by atoms with van der Waals surface area (Å²) >= 11 is 8.18. The minimum absolute atomic E-state index is 0.359. The van der Waals surface area contributed by atoms with E-state index >= 15 is 0 Å². The van der Waals surface area contributed by atoms with Gasteiger partial charge in [0.2, 0.25) is 0 Å². The molecular formula is C15H22ClNS. The Kier molecular flexibility index (Phi) is 5.87. The van der Waals surface area contributed by atoms with Crippen LogP contribution in [-0.4, -0.2) is 11.3 Å². The number of nitrogens with two attached hydrogens (primary N) is 1. The van der Waals surface area contributed by atoms with Crippen molar-refractivity contribution in [2.24, 2.45) is 5.73 Å². The van der Waals surface area contributed by atoms with Gasteiger partial charge in [-0.05, 0) is 24.5 Å². The van der Waals surface area contributed by atoms with Crippen LogP contribution in [0, 0.1) is 0 Å². The van der Waals surface area contributed by atoms with Gasteiger partial charge in [0.25, 0.3) is 0 Å². The van der Waals surface area contributed by atoms with Crippen LogP contribution in [-0.2, 0) is 5.75 Å². The van der Waals surface area contributed by atoms with E-state index in [0.29, 0.717) is 11.3 Å². The standard InChI is InChI=1S/C15H22ClNS/c16-13-8-6-5-7-12(13)11-18-15-10-4-2-1-3-9-14(15)17/h5-8,14-15H,1-4,9-11,17H2. The largest absolute Gasteiger partial charge is 0.327 e.